The van der Waals surface area contributed by atoms with Gasteiger partial charge in [0.05, 0.1) is 6.61 Å². The van der Waals surface area contributed by atoms with Crippen LogP contribution in [0, 0.1) is 0 Å². The van der Waals surface area contributed by atoms with Crippen LogP contribution in [0.2, 0.25) is 0 Å². The molecule has 1 fully saturated rings. The van der Waals surface area contributed by atoms with Gasteiger partial charge in [0.2, 0.25) is 0 Å². The maximum absolute atomic E-state index is 11.4. The number of nitrogens with zero attached hydrogens (tertiary/aromatic N) is 3. The van der Waals surface area contributed by atoms with Crippen LogP contribution in [0.5, 0.6) is 0 Å². The Morgan fingerprint density at radius 3 is 2.61 bits per heavy atom. The summed E-state index contributed by atoms with van der Waals surface area (Å²) in [5, 5.41) is 9.63. The van der Waals surface area contributed by atoms with Gasteiger partial charge in [0.25, 0.3) is 5.91 Å². The largest absolute Gasteiger partial charge is 0.395 e. The van der Waals surface area contributed by atoms with Crippen molar-refractivity contribution in [1.82, 2.24) is 9.27 Å². The summed E-state index contributed by atoms with van der Waals surface area (Å²) in [6, 6.07) is 0. The van der Waals surface area contributed by atoms with Gasteiger partial charge < -0.3 is 21.5 Å². The summed E-state index contributed by atoms with van der Waals surface area (Å²) in [6.45, 7) is 4.10. The molecule has 0 atom stereocenters. The van der Waals surface area contributed by atoms with E-state index in [1.54, 1.807) is 0 Å². The third-order valence-electron chi connectivity index (χ3n) is 3.02. The van der Waals surface area contributed by atoms with Gasteiger partial charge in [0.15, 0.2) is 5.82 Å². The average Bonchev–Trinajstić information content (AvgIpc) is 2.73. The Morgan fingerprint density at radius 2 is 2.06 bits per heavy atom. The van der Waals surface area contributed by atoms with Gasteiger partial charge in [-0.3, -0.25) is 9.69 Å². The molecule has 0 saturated carbocycles. The Hall–Kier alpha value is -1.38. The highest BCUT2D eigenvalue weighted by Crippen LogP contribution is 2.30. The van der Waals surface area contributed by atoms with Crippen molar-refractivity contribution >= 4 is 28.3 Å². The molecule has 7 nitrogen and oxygen atoms in total. The topological polar surface area (TPSA) is 109 Å². The molecule has 0 bridgehead atoms. The number of aliphatic hydroxyl groups is 1. The normalized spacial score (nSPS) is 17.1. The number of aliphatic hydroxyl groups excluding tert-OH is 1. The third kappa shape index (κ3) is 2.55. The van der Waals surface area contributed by atoms with Gasteiger partial charge in [0, 0.05) is 32.7 Å². The van der Waals surface area contributed by atoms with Crippen LogP contribution in [0.4, 0.5) is 10.8 Å². The molecule has 2 heterocycles. The number of carbonyl (C=O) groups is 1. The molecule has 1 aromatic rings. The highest BCUT2D eigenvalue weighted by atomic mass is 32.1. The molecular formula is C10H17N5O2S. The van der Waals surface area contributed by atoms with Crippen LogP contribution in [-0.2, 0) is 0 Å². The SMILES string of the molecule is NC(=O)c1c(N)nsc1N1CCN(CCO)CC1. The van der Waals surface area contributed by atoms with Gasteiger partial charge in [-0.25, -0.2) is 0 Å². The third-order valence-corrected chi connectivity index (χ3v) is 3.95. The zero-order valence-electron chi connectivity index (χ0n) is 10.0. The summed E-state index contributed by atoms with van der Waals surface area (Å²) in [4.78, 5) is 15.6. The molecule has 0 unspecified atom stereocenters. The van der Waals surface area contributed by atoms with Crippen molar-refractivity contribution in [2.75, 3.05) is 50.0 Å². The maximum atomic E-state index is 11.4. The number of rotatable bonds is 4. The number of nitrogens with two attached hydrogens (primary N) is 2. The second-order valence-electron chi connectivity index (χ2n) is 4.16. The Balaban J connectivity index is 2.08. The van der Waals surface area contributed by atoms with E-state index >= 15 is 0 Å². The fraction of sp³-hybridized carbons (Fsp3) is 0.600. The summed E-state index contributed by atoms with van der Waals surface area (Å²) in [5.41, 5.74) is 11.3. The number of primary amides is 1. The van der Waals surface area contributed by atoms with Crippen molar-refractivity contribution in [1.29, 1.82) is 0 Å². The van der Waals surface area contributed by atoms with Crippen molar-refractivity contribution in [3.8, 4) is 0 Å². The number of piperazine rings is 1. The van der Waals surface area contributed by atoms with Gasteiger partial charge in [0.1, 0.15) is 10.6 Å². The van der Waals surface area contributed by atoms with Crippen molar-refractivity contribution in [3.63, 3.8) is 0 Å². The molecule has 100 valence electrons. The first-order valence-corrected chi connectivity index (χ1v) is 6.54. The van der Waals surface area contributed by atoms with E-state index in [2.05, 4.69) is 14.2 Å². The molecule has 1 amide bonds. The number of anilines is 2. The maximum Gasteiger partial charge on any atom is 0.255 e. The smallest absolute Gasteiger partial charge is 0.255 e. The van der Waals surface area contributed by atoms with Crippen molar-refractivity contribution in [2.45, 2.75) is 0 Å². The minimum absolute atomic E-state index is 0.167. The summed E-state index contributed by atoms with van der Waals surface area (Å²) in [6.07, 6.45) is 0. The van der Waals surface area contributed by atoms with E-state index in [1.807, 2.05) is 0 Å². The quantitative estimate of drug-likeness (QED) is 0.644. The van der Waals surface area contributed by atoms with Crippen molar-refractivity contribution in [2.24, 2.45) is 5.73 Å². The van der Waals surface area contributed by atoms with Crippen LogP contribution in [0.25, 0.3) is 0 Å². The van der Waals surface area contributed by atoms with Crippen LogP contribution >= 0.6 is 11.5 Å². The number of hydrogen-bond acceptors (Lipinski definition) is 7. The predicted octanol–water partition coefficient (Wildman–Crippen LogP) is -1.06. The molecular weight excluding hydrogens is 254 g/mol. The lowest BCUT2D eigenvalue weighted by atomic mass is 10.2. The lowest BCUT2D eigenvalue weighted by Crippen LogP contribution is -2.47. The fourth-order valence-corrected chi connectivity index (χ4v) is 2.93. The van der Waals surface area contributed by atoms with E-state index in [-0.39, 0.29) is 12.4 Å². The van der Waals surface area contributed by atoms with Gasteiger partial charge in [-0.15, -0.1) is 0 Å². The van der Waals surface area contributed by atoms with Crippen LogP contribution in [-0.4, -0.2) is 59.6 Å². The van der Waals surface area contributed by atoms with E-state index < -0.39 is 5.91 Å². The molecule has 1 aliphatic rings. The van der Waals surface area contributed by atoms with Gasteiger partial charge in [-0.1, -0.05) is 0 Å². The number of amides is 1. The number of β-amino-alcohol motifs (C(OH)–C–C–N with tert-alkyl or cyclic N) is 1. The Labute approximate surface area is 109 Å². The van der Waals surface area contributed by atoms with E-state index in [0.717, 1.165) is 31.2 Å². The Morgan fingerprint density at radius 1 is 1.39 bits per heavy atom. The lowest BCUT2D eigenvalue weighted by Gasteiger charge is -2.34. The van der Waals surface area contributed by atoms with Gasteiger partial charge in [-0.2, -0.15) is 4.37 Å². The standard InChI is InChI=1S/C10H17N5O2S/c11-8-7(9(12)17)10(18-13-8)15-3-1-14(2-4-15)5-6-16/h16H,1-6H2,(H2,11,13)(H2,12,17). The second kappa shape index (κ2) is 5.51. The van der Waals surface area contributed by atoms with E-state index in [4.69, 9.17) is 16.6 Å². The molecule has 0 aliphatic carbocycles. The highest BCUT2D eigenvalue weighted by molar-refractivity contribution is 7.11. The van der Waals surface area contributed by atoms with Crippen LogP contribution in [0.3, 0.4) is 0 Å². The molecule has 1 aromatic heterocycles. The molecule has 2 rings (SSSR count). The van der Waals surface area contributed by atoms with Crippen molar-refractivity contribution in [3.05, 3.63) is 5.56 Å². The molecule has 1 aliphatic heterocycles. The van der Waals surface area contributed by atoms with Crippen LogP contribution < -0.4 is 16.4 Å². The summed E-state index contributed by atoms with van der Waals surface area (Å²) in [7, 11) is 0. The first-order chi connectivity index (χ1) is 8.63. The summed E-state index contributed by atoms with van der Waals surface area (Å²) < 4.78 is 3.99. The van der Waals surface area contributed by atoms with E-state index in [9.17, 15) is 4.79 Å². The summed E-state index contributed by atoms with van der Waals surface area (Å²) in [5.74, 6) is -0.325. The van der Waals surface area contributed by atoms with Gasteiger partial charge >= 0.3 is 0 Å². The minimum Gasteiger partial charge on any atom is -0.395 e. The number of hydrogen-bond donors (Lipinski definition) is 3. The predicted molar refractivity (Wildman–Crippen MR) is 70.8 cm³/mol. The fourth-order valence-electron chi connectivity index (χ4n) is 2.06. The molecule has 0 spiro atoms. The van der Waals surface area contributed by atoms with E-state index in [0.29, 0.717) is 12.1 Å². The monoisotopic (exact) mass is 271 g/mol. The van der Waals surface area contributed by atoms with Crippen LogP contribution in [0.15, 0.2) is 0 Å². The lowest BCUT2D eigenvalue weighted by molar-refractivity contribution is 0.100. The molecule has 0 radical (unpaired) electrons. The molecule has 1 saturated heterocycles. The first kappa shape index (κ1) is 13.1. The minimum atomic E-state index is -0.533. The first-order valence-electron chi connectivity index (χ1n) is 5.76. The number of nitrogen functional groups attached to an aromatic ring is 1. The Kier molecular flexibility index (Phi) is 4.00. The highest BCUT2D eigenvalue weighted by Gasteiger charge is 2.24. The zero-order valence-corrected chi connectivity index (χ0v) is 10.8. The average molecular weight is 271 g/mol. The van der Waals surface area contributed by atoms with Crippen molar-refractivity contribution < 1.29 is 9.90 Å². The van der Waals surface area contributed by atoms with Gasteiger partial charge in [-0.05, 0) is 11.5 Å². The molecule has 18 heavy (non-hydrogen) atoms. The van der Waals surface area contributed by atoms with Crippen LogP contribution in [0.1, 0.15) is 10.4 Å². The second-order valence-corrected chi connectivity index (χ2v) is 4.92. The summed E-state index contributed by atoms with van der Waals surface area (Å²) >= 11 is 1.21. The van der Waals surface area contributed by atoms with E-state index in [1.165, 1.54) is 11.5 Å². The Bertz CT molecular complexity index is 428. The zero-order chi connectivity index (χ0) is 13.1. The molecule has 0 aromatic carbocycles. The number of aromatic nitrogens is 1. The number of carbonyl (C=O) groups excluding carboxylic acids is 1. The molecule has 5 N–H and O–H groups in total. The molecule has 8 heteroatoms.